The number of carbonyl (C=O) groups excluding carboxylic acids is 2. The molecule has 0 saturated carbocycles. The Balaban J connectivity index is 1.47. The Morgan fingerprint density at radius 2 is 2.03 bits per heavy atom. The van der Waals surface area contributed by atoms with Crippen LogP contribution in [0, 0.1) is 6.92 Å². The molecule has 0 fully saturated rings. The van der Waals surface area contributed by atoms with Gasteiger partial charge in [-0.2, -0.15) is 0 Å². The second-order valence-electron chi connectivity index (χ2n) is 6.64. The molecule has 1 N–H and O–H groups in total. The minimum atomic E-state index is -0.577. The summed E-state index contributed by atoms with van der Waals surface area (Å²) in [5.74, 6) is -0.768. The van der Waals surface area contributed by atoms with Gasteiger partial charge in [0, 0.05) is 26.9 Å². The zero-order chi connectivity index (χ0) is 20.5. The summed E-state index contributed by atoms with van der Waals surface area (Å²) >= 11 is 7.50. The predicted molar refractivity (Wildman–Crippen MR) is 111 cm³/mol. The van der Waals surface area contributed by atoms with Gasteiger partial charge in [-0.25, -0.2) is 4.79 Å². The molecule has 0 bridgehead atoms. The number of thioether (sulfide) groups is 1. The van der Waals surface area contributed by atoms with Crippen LogP contribution in [0.5, 0.6) is 0 Å². The number of fused-ring (bicyclic) bond motifs is 2. The Morgan fingerprint density at radius 1 is 1.24 bits per heavy atom. The zero-order valence-corrected chi connectivity index (χ0v) is 16.9. The van der Waals surface area contributed by atoms with E-state index in [-0.39, 0.29) is 18.9 Å². The molecule has 8 heteroatoms. The molecule has 0 spiro atoms. The quantitative estimate of drug-likeness (QED) is 0.491. The minimum absolute atomic E-state index is 0.0793. The van der Waals surface area contributed by atoms with Gasteiger partial charge < -0.3 is 14.5 Å². The van der Waals surface area contributed by atoms with Gasteiger partial charge in [0.05, 0.1) is 17.4 Å². The minimum Gasteiger partial charge on any atom is -0.461 e. The van der Waals surface area contributed by atoms with E-state index in [1.807, 2.05) is 24.3 Å². The number of esters is 1. The third-order valence-electron chi connectivity index (χ3n) is 4.56. The SMILES string of the molecule is Cc1cc2oc(=O)cc(COC(=O)C[C@@H]3Sc4ccccc4NC3=O)c2cc1Cl. The maximum absolute atomic E-state index is 12.3. The number of carbonyl (C=O) groups is 2. The highest BCUT2D eigenvalue weighted by atomic mass is 35.5. The molecule has 29 heavy (non-hydrogen) atoms. The molecule has 3 aromatic rings. The van der Waals surface area contributed by atoms with E-state index in [2.05, 4.69) is 5.32 Å². The molecule has 4 rings (SSSR count). The fourth-order valence-electron chi connectivity index (χ4n) is 3.06. The average molecular weight is 430 g/mol. The highest BCUT2D eigenvalue weighted by molar-refractivity contribution is 8.01. The highest BCUT2D eigenvalue weighted by Gasteiger charge is 2.29. The molecule has 1 amide bonds. The predicted octanol–water partition coefficient (Wildman–Crippen LogP) is 4.30. The van der Waals surface area contributed by atoms with Crippen LogP contribution in [-0.4, -0.2) is 17.1 Å². The van der Waals surface area contributed by atoms with Crippen LogP contribution < -0.4 is 10.9 Å². The number of ether oxygens (including phenoxy) is 1. The number of para-hydroxylation sites is 1. The lowest BCUT2D eigenvalue weighted by Crippen LogP contribution is -2.31. The fraction of sp³-hybridized carbons (Fsp3) is 0.190. The number of amides is 1. The first kappa shape index (κ1) is 19.5. The van der Waals surface area contributed by atoms with Gasteiger partial charge in [0.1, 0.15) is 12.2 Å². The lowest BCUT2D eigenvalue weighted by molar-refractivity contribution is -0.145. The largest absolute Gasteiger partial charge is 0.461 e. The number of hydrogen-bond donors (Lipinski definition) is 1. The summed E-state index contributed by atoms with van der Waals surface area (Å²) in [5, 5.41) is 3.34. The molecule has 0 aliphatic carbocycles. The van der Waals surface area contributed by atoms with Crippen molar-refractivity contribution >= 4 is 51.9 Å². The van der Waals surface area contributed by atoms with Gasteiger partial charge in [0.2, 0.25) is 5.91 Å². The molecule has 2 heterocycles. The van der Waals surface area contributed by atoms with E-state index in [1.165, 1.54) is 17.8 Å². The first-order chi connectivity index (χ1) is 13.9. The number of halogens is 1. The van der Waals surface area contributed by atoms with E-state index in [1.54, 1.807) is 19.1 Å². The van der Waals surface area contributed by atoms with E-state index >= 15 is 0 Å². The molecule has 148 valence electrons. The summed E-state index contributed by atoms with van der Waals surface area (Å²) < 4.78 is 10.5. The Bertz CT molecular complexity index is 1190. The van der Waals surface area contributed by atoms with Gasteiger partial charge in [0.15, 0.2) is 0 Å². The summed E-state index contributed by atoms with van der Waals surface area (Å²) in [6.07, 6.45) is -0.0793. The first-order valence-corrected chi connectivity index (χ1v) is 10.1. The molecule has 6 nitrogen and oxygen atoms in total. The fourth-order valence-corrected chi connectivity index (χ4v) is 4.32. The molecule has 0 unspecified atom stereocenters. The van der Waals surface area contributed by atoms with E-state index in [0.29, 0.717) is 21.6 Å². The van der Waals surface area contributed by atoms with Crippen LogP contribution in [0.3, 0.4) is 0 Å². The molecular weight excluding hydrogens is 414 g/mol. The van der Waals surface area contributed by atoms with Crippen LogP contribution >= 0.6 is 23.4 Å². The summed E-state index contributed by atoms with van der Waals surface area (Å²) in [6.45, 7) is 1.69. The second-order valence-corrected chi connectivity index (χ2v) is 8.30. The van der Waals surface area contributed by atoms with E-state index < -0.39 is 16.8 Å². The van der Waals surface area contributed by atoms with Gasteiger partial charge in [0.25, 0.3) is 0 Å². The smallest absolute Gasteiger partial charge is 0.336 e. The van der Waals surface area contributed by atoms with Gasteiger partial charge in [-0.15, -0.1) is 11.8 Å². The van der Waals surface area contributed by atoms with Crippen LogP contribution in [0.1, 0.15) is 17.5 Å². The van der Waals surface area contributed by atoms with Gasteiger partial charge in [-0.3, -0.25) is 9.59 Å². The Kier molecular flexibility index (Phi) is 5.34. The van der Waals surface area contributed by atoms with Crippen LogP contribution in [0.25, 0.3) is 11.0 Å². The van der Waals surface area contributed by atoms with Gasteiger partial charge in [-0.05, 0) is 36.8 Å². The average Bonchev–Trinajstić information content (AvgIpc) is 2.68. The molecule has 0 radical (unpaired) electrons. The first-order valence-electron chi connectivity index (χ1n) is 8.86. The number of rotatable bonds is 4. The van der Waals surface area contributed by atoms with E-state index in [9.17, 15) is 14.4 Å². The van der Waals surface area contributed by atoms with Crippen LogP contribution in [0.15, 0.2) is 56.6 Å². The number of hydrogen-bond acceptors (Lipinski definition) is 6. The zero-order valence-electron chi connectivity index (χ0n) is 15.4. The molecule has 2 aromatic carbocycles. The van der Waals surface area contributed by atoms with Crippen molar-refractivity contribution in [1.29, 1.82) is 0 Å². The highest BCUT2D eigenvalue weighted by Crippen LogP contribution is 2.36. The number of nitrogens with one attached hydrogen (secondary N) is 1. The molecule has 1 aromatic heterocycles. The molecule has 1 aliphatic rings. The van der Waals surface area contributed by atoms with Crippen molar-refractivity contribution in [2.45, 2.75) is 30.1 Å². The van der Waals surface area contributed by atoms with Crippen molar-refractivity contribution < 1.29 is 18.7 Å². The van der Waals surface area contributed by atoms with Crippen LogP contribution in [0.4, 0.5) is 5.69 Å². The standard InChI is InChI=1S/C21H16ClNO5S/c1-11-6-16-13(8-14(11)22)12(7-20(25)28-16)10-27-19(24)9-18-21(26)23-15-4-2-3-5-17(15)29-18/h2-8,18H,9-10H2,1H3,(H,23,26)/t18-/m0/s1. The summed E-state index contributed by atoms with van der Waals surface area (Å²) in [7, 11) is 0. The second kappa shape index (κ2) is 7.93. The van der Waals surface area contributed by atoms with E-state index in [0.717, 1.165) is 16.1 Å². The molecular formula is C21H16ClNO5S. The Morgan fingerprint density at radius 3 is 2.86 bits per heavy atom. The third kappa shape index (κ3) is 4.16. The Hall–Kier alpha value is -2.77. The van der Waals surface area contributed by atoms with Crippen molar-refractivity contribution in [3.8, 4) is 0 Å². The molecule has 1 atom stereocenters. The molecule has 0 saturated heterocycles. The topological polar surface area (TPSA) is 85.6 Å². The number of anilines is 1. The van der Waals surface area contributed by atoms with Gasteiger partial charge in [-0.1, -0.05) is 23.7 Å². The summed E-state index contributed by atoms with van der Waals surface area (Å²) in [5.41, 5.74) is 1.85. The van der Waals surface area contributed by atoms with Crippen molar-refractivity contribution in [3.63, 3.8) is 0 Å². The summed E-state index contributed by atoms with van der Waals surface area (Å²) in [4.78, 5) is 37.3. The maximum Gasteiger partial charge on any atom is 0.336 e. The summed E-state index contributed by atoms with van der Waals surface area (Å²) in [6, 6.07) is 12.0. The lowest BCUT2D eigenvalue weighted by Gasteiger charge is -2.23. The number of aryl methyl sites for hydroxylation is 1. The van der Waals surface area contributed by atoms with Crippen molar-refractivity contribution in [2.75, 3.05) is 5.32 Å². The third-order valence-corrected chi connectivity index (χ3v) is 6.24. The van der Waals surface area contributed by atoms with Gasteiger partial charge >= 0.3 is 11.6 Å². The van der Waals surface area contributed by atoms with Crippen LogP contribution in [-0.2, 0) is 20.9 Å². The maximum atomic E-state index is 12.3. The van der Waals surface area contributed by atoms with Crippen molar-refractivity contribution in [2.24, 2.45) is 0 Å². The number of benzene rings is 2. The van der Waals surface area contributed by atoms with E-state index in [4.69, 9.17) is 20.8 Å². The lowest BCUT2D eigenvalue weighted by atomic mass is 10.1. The monoisotopic (exact) mass is 429 g/mol. The van der Waals surface area contributed by atoms with Crippen molar-refractivity contribution in [1.82, 2.24) is 0 Å². The Labute approximate surface area is 175 Å². The normalized spacial score (nSPS) is 15.7. The van der Waals surface area contributed by atoms with Crippen molar-refractivity contribution in [3.05, 3.63) is 69.0 Å². The molecule has 1 aliphatic heterocycles. The van der Waals surface area contributed by atoms with Crippen LogP contribution in [0.2, 0.25) is 5.02 Å².